The van der Waals surface area contributed by atoms with E-state index in [1.807, 2.05) is 13.8 Å². The Morgan fingerprint density at radius 1 is 0.898 bits per heavy atom. The molecule has 49 heavy (non-hydrogen) atoms. The van der Waals surface area contributed by atoms with E-state index in [1.165, 1.54) is 29.8 Å². The molecule has 1 aromatic rings. The molecule has 0 amide bonds. The molecule has 1 heterocycles. The molecule has 0 unspecified atom stereocenters. The fourth-order valence-electron chi connectivity index (χ4n) is 10.9. The summed E-state index contributed by atoms with van der Waals surface area (Å²) in [6.45, 7) is 16.5. The summed E-state index contributed by atoms with van der Waals surface area (Å²) in [5.41, 5.74) is -5.61. The van der Waals surface area contributed by atoms with Crippen molar-refractivity contribution in [1.29, 1.82) is 0 Å². The summed E-state index contributed by atoms with van der Waals surface area (Å²) < 4.78 is 61.8. The molecule has 3 fully saturated rings. The lowest BCUT2D eigenvalue weighted by Crippen LogP contribution is -2.57. The van der Waals surface area contributed by atoms with Crippen LogP contribution in [0.4, 0.5) is 13.2 Å². The van der Waals surface area contributed by atoms with Crippen LogP contribution in [0.2, 0.25) is 0 Å². The van der Waals surface area contributed by atoms with Crippen LogP contribution in [0.1, 0.15) is 119 Å². The van der Waals surface area contributed by atoms with E-state index >= 15 is 0 Å². The Morgan fingerprint density at radius 2 is 1.53 bits per heavy atom. The normalized spacial score (nSPS) is 40.2. The van der Waals surface area contributed by atoms with Crippen molar-refractivity contribution in [2.45, 2.75) is 154 Å². The third-order valence-corrected chi connectivity index (χ3v) is 13.9. The third-order valence-electron chi connectivity index (χ3n) is 13.9. The predicted octanol–water partition coefficient (Wildman–Crippen LogP) is 8.68. The Kier molecular flexibility index (Phi) is 10.1. The predicted molar refractivity (Wildman–Crippen MR) is 182 cm³/mol. The van der Waals surface area contributed by atoms with Gasteiger partial charge in [0.15, 0.2) is 0 Å². The SMILES string of the molecule is CO[C@@](C(=O)O[C@@H]1CC[C@]2(C)[C@H](CC[C@@](C)(O)[C@H]2CC[C@@H]2C(C)=CC[C@H]3[C@H](CC[C@]3(C)O)C2(C)C)OC1(C)C)(c1ccccc1)C(F)(F)F. The fourth-order valence-corrected chi connectivity index (χ4v) is 10.9. The van der Waals surface area contributed by atoms with Gasteiger partial charge in [-0.05, 0) is 127 Å². The second kappa shape index (κ2) is 12.9. The number of halogens is 3. The van der Waals surface area contributed by atoms with Crippen molar-refractivity contribution in [1.82, 2.24) is 0 Å². The highest BCUT2D eigenvalue weighted by atomic mass is 19.4. The molecule has 0 radical (unpaired) electrons. The lowest BCUT2D eigenvalue weighted by Gasteiger charge is -2.54. The molecule has 5 rings (SSSR count). The van der Waals surface area contributed by atoms with Crippen molar-refractivity contribution in [3.05, 3.63) is 47.5 Å². The molecular formula is C40H59F3O6. The number of benzene rings is 1. The van der Waals surface area contributed by atoms with Gasteiger partial charge in [0.2, 0.25) is 0 Å². The molecule has 1 aromatic carbocycles. The quantitative estimate of drug-likeness (QED) is 0.220. The monoisotopic (exact) mass is 692 g/mol. The fraction of sp³-hybridized carbons (Fsp3) is 0.775. The van der Waals surface area contributed by atoms with Crippen LogP contribution in [0.25, 0.3) is 0 Å². The van der Waals surface area contributed by atoms with Crippen molar-refractivity contribution >= 4 is 5.97 Å². The van der Waals surface area contributed by atoms with Gasteiger partial charge in [-0.25, -0.2) is 4.79 Å². The van der Waals surface area contributed by atoms with Gasteiger partial charge in [0.05, 0.1) is 22.9 Å². The maximum absolute atomic E-state index is 14.7. The third kappa shape index (κ3) is 6.53. The highest BCUT2D eigenvalue weighted by Crippen LogP contribution is 2.60. The topological polar surface area (TPSA) is 85.2 Å². The molecule has 0 aromatic heterocycles. The maximum atomic E-state index is 14.7. The molecule has 2 N–H and O–H groups in total. The van der Waals surface area contributed by atoms with Crippen LogP contribution in [0, 0.1) is 34.5 Å². The van der Waals surface area contributed by atoms with Gasteiger partial charge in [0.25, 0.3) is 5.60 Å². The first-order valence-corrected chi connectivity index (χ1v) is 18.2. The van der Waals surface area contributed by atoms with E-state index in [4.69, 9.17) is 14.2 Å². The first-order chi connectivity index (χ1) is 22.5. The summed E-state index contributed by atoms with van der Waals surface area (Å²) in [6.07, 6.45) is 2.17. The van der Waals surface area contributed by atoms with Gasteiger partial charge in [0, 0.05) is 12.7 Å². The van der Waals surface area contributed by atoms with Gasteiger partial charge in [-0.15, -0.1) is 0 Å². The van der Waals surface area contributed by atoms with Gasteiger partial charge in [-0.3, -0.25) is 0 Å². The van der Waals surface area contributed by atoms with Gasteiger partial charge in [-0.2, -0.15) is 13.2 Å². The van der Waals surface area contributed by atoms with Crippen LogP contribution in [-0.4, -0.2) is 58.5 Å². The highest BCUT2D eigenvalue weighted by molar-refractivity contribution is 5.83. The molecule has 0 spiro atoms. The molecular weight excluding hydrogens is 633 g/mol. The summed E-state index contributed by atoms with van der Waals surface area (Å²) >= 11 is 0. The van der Waals surface area contributed by atoms with Crippen molar-refractivity contribution < 1.29 is 42.4 Å². The molecule has 9 heteroatoms. The van der Waals surface area contributed by atoms with Crippen LogP contribution in [0.5, 0.6) is 0 Å². The first kappa shape index (κ1) is 38.3. The van der Waals surface area contributed by atoms with Crippen molar-refractivity contribution in [2.24, 2.45) is 34.5 Å². The average molecular weight is 693 g/mol. The van der Waals surface area contributed by atoms with Gasteiger partial charge in [-0.1, -0.05) is 62.8 Å². The Bertz CT molecular complexity index is 1380. The second-order valence-corrected chi connectivity index (χ2v) is 17.6. The number of carbonyl (C=O) groups is 1. The Morgan fingerprint density at radius 3 is 2.14 bits per heavy atom. The maximum Gasteiger partial charge on any atom is 0.432 e. The van der Waals surface area contributed by atoms with Crippen molar-refractivity contribution in [2.75, 3.05) is 7.11 Å². The standard InChI is InChI=1S/C40H59F3O6/c1-25-15-16-29-28(19-23-37(29,7)45)34(2,3)27(25)17-18-30-36(6)22-20-31(35(4,5)49-32(36)21-24-38(30,8)46)48-33(44)39(47-9,40(41,42)43)26-13-11-10-12-14-26/h10-15,27-32,45-46H,16-24H2,1-9H3/t27-,28+,29+,30+,31-,32+,36+,37+,38-,39-/m1/s1. The van der Waals surface area contributed by atoms with Crippen LogP contribution in [0.3, 0.4) is 0 Å². The van der Waals surface area contributed by atoms with Crippen LogP contribution >= 0.6 is 0 Å². The Hall–Kier alpha value is -1.94. The zero-order valence-electron chi connectivity index (χ0n) is 31.0. The molecule has 3 aliphatic carbocycles. The smallest absolute Gasteiger partial charge is 0.432 e. The first-order valence-electron chi connectivity index (χ1n) is 18.2. The van der Waals surface area contributed by atoms with E-state index < -0.39 is 46.1 Å². The number of ether oxygens (including phenoxy) is 3. The lowest BCUT2D eigenvalue weighted by molar-refractivity contribution is -0.282. The number of allylic oxidation sites excluding steroid dienone is 2. The molecule has 6 nitrogen and oxygen atoms in total. The van der Waals surface area contributed by atoms with E-state index in [2.05, 4.69) is 33.8 Å². The number of rotatable bonds is 7. The van der Waals surface area contributed by atoms with E-state index in [-0.39, 0.29) is 41.3 Å². The summed E-state index contributed by atoms with van der Waals surface area (Å²) in [5, 5.41) is 23.2. The number of hydrogen-bond acceptors (Lipinski definition) is 6. The highest BCUT2D eigenvalue weighted by Gasteiger charge is 2.65. The minimum absolute atomic E-state index is 0.0462. The molecule has 0 bridgehead atoms. The summed E-state index contributed by atoms with van der Waals surface area (Å²) in [7, 11) is 0.876. The summed E-state index contributed by atoms with van der Waals surface area (Å²) in [4.78, 5) is 13.7. The van der Waals surface area contributed by atoms with E-state index in [0.717, 1.165) is 39.2 Å². The van der Waals surface area contributed by atoms with E-state index in [9.17, 15) is 28.2 Å². The molecule has 2 saturated carbocycles. The van der Waals surface area contributed by atoms with Crippen LogP contribution in [-0.2, 0) is 24.6 Å². The molecule has 276 valence electrons. The zero-order valence-corrected chi connectivity index (χ0v) is 31.0. The van der Waals surface area contributed by atoms with Crippen molar-refractivity contribution in [3.8, 4) is 0 Å². The molecule has 1 saturated heterocycles. The van der Waals surface area contributed by atoms with Gasteiger partial charge in [0.1, 0.15) is 6.10 Å². The number of alkyl halides is 3. The number of hydrogen-bond donors (Lipinski definition) is 2. The Labute approximate surface area is 291 Å². The van der Waals surface area contributed by atoms with E-state index in [1.54, 1.807) is 19.9 Å². The Balaban J connectivity index is 1.41. The molecule has 10 atom stereocenters. The largest absolute Gasteiger partial charge is 0.457 e. The number of aliphatic hydroxyl groups is 2. The van der Waals surface area contributed by atoms with E-state index in [0.29, 0.717) is 25.2 Å². The average Bonchev–Trinajstić information content (AvgIpc) is 3.21. The molecule has 4 aliphatic rings. The number of methoxy groups -OCH3 is 1. The lowest BCUT2D eigenvalue weighted by atomic mass is 9.55. The minimum atomic E-state index is -5.08. The number of fused-ring (bicyclic) bond motifs is 2. The van der Waals surface area contributed by atoms with Crippen LogP contribution in [0.15, 0.2) is 42.0 Å². The molecule has 1 aliphatic heterocycles. The number of carbonyl (C=O) groups excluding carboxylic acids is 1. The number of esters is 1. The zero-order chi connectivity index (χ0) is 36.4. The van der Waals surface area contributed by atoms with Crippen molar-refractivity contribution in [3.63, 3.8) is 0 Å². The second-order valence-electron chi connectivity index (χ2n) is 17.6. The minimum Gasteiger partial charge on any atom is -0.457 e. The van der Waals surface area contributed by atoms with Gasteiger partial charge < -0.3 is 24.4 Å². The summed E-state index contributed by atoms with van der Waals surface area (Å²) in [6, 6.07) is 6.88. The summed E-state index contributed by atoms with van der Waals surface area (Å²) in [5.74, 6) is -0.793. The van der Waals surface area contributed by atoms with Gasteiger partial charge >= 0.3 is 12.1 Å². The van der Waals surface area contributed by atoms with Crippen LogP contribution < -0.4 is 0 Å².